The molecule has 2 aromatic rings. The quantitative estimate of drug-likeness (QED) is 0.639. The molecule has 0 aliphatic heterocycles. The van der Waals surface area contributed by atoms with E-state index < -0.39 is 0 Å². The first-order chi connectivity index (χ1) is 5.77. The molecule has 1 aromatic heterocycles. The van der Waals surface area contributed by atoms with Gasteiger partial charge >= 0.3 is 0 Å². The smallest absolute Gasteiger partial charge is 0.134 e. The minimum Gasteiger partial charge on any atom is -0.506 e. The second-order valence-corrected chi connectivity index (χ2v) is 2.84. The van der Waals surface area contributed by atoms with Gasteiger partial charge in [-0.2, -0.15) is 0 Å². The van der Waals surface area contributed by atoms with E-state index in [1.807, 2.05) is 25.1 Å². The second-order valence-electron chi connectivity index (χ2n) is 2.84. The van der Waals surface area contributed by atoms with Crippen LogP contribution in [0.3, 0.4) is 0 Å². The monoisotopic (exact) mass is 159 g/mol. The lowest BCUT2D eigenvalue weighted by Gasteiger charge is -1.99. The summed E-state index contributed by atoms with van der Waals surface area (Å²) in [5.41, 5.74) is 2.09. The van der Waals surface area contributed by atoms with Crippen molar-refractivity contribution in [1.29, 1.82) is 0 Å². The van der Waals surface area contributed by atoms with Gasteiger partial charge in [0.25, 0.3) is 0 Å². The summed E-state index contributed by atoms with van der Waals surface area (Å²) in [6, 6.07) is 7.62. The van der Waals surface area contributed by atoms with Gasteiger partial charge < -0.3 is 5.11 Å². The van der Waals surface area contributed by atoms with Crippen LogP contribution in [0.25, 0.3) is 10.9 Å². The Kier molecular flexibility index (Phi) is 1.47. The summed E-state index contributed by atoms with van der Waals surface area (Å²) in [4.78, 5) is 4.13. The third-order valence-corrected chi connectivity index (χ3v) is 1.90. The molecule has 2 rings (SSSR count). The van der Waals surface area contributed by atoms with Crippen LogP contribution < -0.4 is 0 Å². The van der Waals surface area contributed by atoms with Crippen LogP contribution in [0.5, 0.6) is 5.75 Å². The third kappa shape index (κ3) is 1.01. The minimum atomic E-state index is 0.216. The Morgan fingerprint density at radius 2 is 2.17 bits per heavy atom. The highest BCUT2D eigenvalue weighted by Crippen LogP contribution is 2.19. The number of aryl methyl sites for hydroxylation is 1. The number of aromatic nitrogens is 1. The number of rotatable bonds is 0. The molecule has 60 valence electrons. The number of aromatic hydroxyl groups is 1. The minimum absolute atomic E-state index is 0.216. The first-order valence-corrected chi connectivity index (χ1v) is 3.82. The van der Waals surface area contributed by atoms with Crippen molar-refractivity contribution in [2.75, 3.05) is 0 Å². The Hall–Kier alpha value is -1.57. The molecule has 0 atom stereocenters. The molecule has 0 aliphatic carbocycles. The predicted octanol–water partition coefficient (Wildman–Crippen LogP) is 2.25. The summed E-state index contributed by atoms with van der Waals surface area (Å²) in [5, 5.41) is 10.1. The average molecular weight is 159 g/mol. The van der Waals surface area contributed by atoms with Gasteiger partial charge in [0.05, 0.1) is 11.7 Å². The van der Waals surface area contributed by atoms with Crippen LogP contribution in [0, 0.1) is 6.92 Å². The van der Waals surface area contributed by atoms with E-state index in [1.54, 1.807) is 6.07 Å². The molecule has 1 N–H and O–H groups in total. The van der Waals surface area contributed by atoms with E-state index in [9.17, 15) is 0 Å². The summed E-state index contributed by atoms with van der Waals surface area (Å²) in [7, 11) is 0. The van der Waals surface area contributed by atoms with Crippen molar-refractivity contribution in [3.63, 3.8) is 0 Å². The van der Waals surface area contributed by atoms with Gasteiger partial charge in [-0.3, -0.25) is 4.98 Å². The molecule has 0 bridgehead atoms. The van der Waals surface area contributed by atoms with E-state index in [2.05, 4.69) is 4.98 Å². The lowest BCUT2D eigenvalue weighted by atomic mass is 10.1. The molecule has 2 nitrogen and oxygen atoms in total. The lowest BCUT2D eigenvalue weighted by Crippen LogP contribution is -1.81. The Morgan fingerprint density at radius 3 is 3.00 bits per heavy atom. The van der Waals surface area contributed by atoms with Gasteiger partial charge in [0.2, 0.25) is 0 Å². The molecule has 0 saturated carbocycles. The average Bonchev–Trinajstić information content (AvgIpc) is 2.04. The van der Waals surface area contributed by atoms with Crippen molar-refractivity contribution in [1.82, 2.24) is 4.98 Å². The van der Waals surface area contributed by atoms with Crippen LogP contribution in [0.1, 0.15) is 5.56 Å². The summed E-state index contributed by atoms with van der Waals surface area (Å²) in [6.45, 7) is 2.01. The van der Waals surface area contributed by atoms with Crippen molar-refractivity contribution in [2.45, 2.75) is 6.92 Å². The third-order valence-electron chi connectivity index (χ3n) is 1.90. The number of pyridine rings is 1. The van der Waals surface area contributed by atoms with Crippen molar-refractivity contribution in [3.05, 3.63) is 36.0 Å². The Labute approximate surface area is 70.5 Å². The fourth-order valence-electron chi connectivity index (χ4n) is 1.30. The van der Waals surface area contributed by atoms with Crippen molar-refractivity contribution in [2.24, 2.45) is 0 Å². The molecular weight excluding hydrogens is 150 g/mol. The summed E-state index contributed by atoms with van der Waals surface area (Å²) in [5.74, 6) is 0.216. The Balaban J connectivity index is 2.86. The van der Waals surface area contributed by atoms with Gasteiger partial charge in [0.15, 0.2) is 0 Å². The van der Waals surface area contributed by atoms with Crippen LogP contribution in [0.2, 0.25) is 0 Å². The molecule has 0 aliphatic rings. The van der Waals surface area contributed by atoms with Gasteiger partial charge in [-0.05, 0) is 18.6 Å². The zero-order chi connectivity index (χ0) is 8.55. The maximum atomic E-state index is 9.16. The van der Waals surface area contributed by atoms with Crippen LogP contribution in [0.4, 0.5) is 0 Å². The standard InChI is InChI=1S/C10H9NO/c1-7-3-2-4-8-5-9(12)6-11-10(7)8/h2-6,12H,1H3. The number of fused-ring (bicyclic) bond motifs is 1. The van der Waals surface area contributed by atoms with Gasteiger partial charge in [-0.25, -0.2) is 0 Å². The van der Waals surface area contributed by atoms with E-state index in [1.165, 1.54) is 6.20 Å². The molecule has 0 fully saturated rings. The van der Waals surface area contributed by atoms with Gasteiger partial charge in [-0.15, -0.1) is 0 Å². The summed E-state index contributed by atoms with van der Waals surface area (Å²) in [6.07, 6.45) is 1.47. The molecule has 0 saturated heterocycles. The zero-order valence-corrected chi connectivity index (χ0v) is 6.78. The van der Waals surface area contributed by atoms with E-state index in [-0.39, 0.29) is 5.75 Å². The van der Waals surface area contributed by atoms with Crippen molar-refractivity contribution >= 4 is 10.9 Å². The molecule has 12 heavy (non-hydrogen) atoms. The molecule has 0 unspecified atom stereocenters. The lowest BCUT2D eigenvalue weighted by molar-refractivity contribution is 0.474. The van der Waals surface area contributed by atoms with E-state index in [0.29, 0.717) is 0 Å². The second kappa shape index (κ2) is 2.48. The number of nitrogens with zero attached hydrogens (tertiary/aromatic N) is 1. The first kappa shape index (κ1) is 7.10. The number of benzene rings is 1. The van der Waals surface area contributed by atoms with Crippen LogP contribution in [-0.4, -0.2) is 10.1 Å². The normalized spacial score (nSPS) is 10.4. The molecule has 0 spiro atoms. The number of para-hydroxylation sites is 1. The highest BCUT2D eigenvalue weighted by Gasteiger charge is 1.97. The molecular formula is C10H9NO. The van der Waals surface area contributed by atoms with Crippen LogP contribution in [0.15, 0.2) is 30.5 Å². The largest absolute Gasteiger partial charge is 0.506 e. The number of hydrogen-bond acceptors (Lipinski definition) is 2. The van der Waals surface area contributed by atoms with Gasteiger partial charge in [-0.1, -0.05) is 18.2 Å². The Bertz CT molecular complexity index is 423. The molecule has 0 amide bonds. The predicted molar refractivity (Wildman–Crippen MR) is 48.1 cm³/mol. The summed E-state index contributed by atoms with van der Waals surface area (Å²) >= 11 is 0. The molecule has 2 heteroatoms. The molecule has 0 radical (unpaired) electrons. The number of hydrogen-bond donors (Lipinski definition) is 1. The highest BCUT2D eigenvalue weighted by atomic mass is 16.3. The highest BCUT2D eigenvalue weighted by molar-refractivity contribution is 5.82. The maximum absolute atomic E-state index is 9.16. The SMILES string of the molecule is Cc1cccc2cc(O)cnc12. The van der Waals surface area contributed by atoms with Crippen molar-refractivity contribution < 1.29 is 5.11 Å². The summed E-state index contributed by atoms with van der Waals surface area (Å²) < 4.78 is 0. The van der Waals surface area contributed by atoms with E-state index in [0.717, 1.165) is 16.5 Å². The Morgan fingerprint density at radius 1 is 1.33 bits per heavy atom. The van der Waals surface area contributed by atoms with Crippen LogP contribution in [-0.2, 0) is 0 Å². The van der Waals surface area contributed by atoms with Crippen LogP contribution >= 0.6 is 0 Å². The first-order valence-electron chi connectivity index (χ1n) is 3.82. The molecule has 1 heterocycles. The topological polar surface area (TPSA) is 33.1 Å². The zero-order valence-electron chi connectivity index (χ0n) is 6.78. The fraction of sp³-hybridized carbons (Fsp3) is 0.100. The van der Waals surface area contributed by atoms with Gasteiger partial charge in [0, 0.05) is 5.39 Å². The van der Waals surface area contributed by atoms with E-state index >= 15 is 0 Å². The maximum Gasteiger partial charge on any atom is 0.134 e. The fourth-order valence-corrected chi connectivity index (χ4v) is 1.30. The van der Waals surface area contributed by atoms with Crippen molar-refractivity contribution in [3.8, 4) is 5.75 Å². The molecule has 1 aromatic carbocycles. The van der Waals surface area contributed by atoms with Gasteiger partial charge in [0.1, 0.15) is 5.75 Å². The van der Waals surface area contributed by atoms with E-state index in [4.69, 9.17) is 5.11 Å².